The van der Waals surface area contributed by atoms with Crippen LogP contribution >= 0.6 is 0 Å². The van der Waals surface area contributed by atoms with Crippen molar-refractivity contribution in [2.75, 3.05) is 0 Å². The van der Waals surface area contributed by atoms with Crippen LogP contribution < -0.4 is 0 Å². The molecule has 0 saturated heterocycles. The largest absolute Gasteiger partial charge is 0.124 e. The number of hydrogen-bond donors (Lipinski definition) is 0. The smallest absolute Gasteiger partial charge is 0.124 e. The van der Waals surface area contributed by atoms with Gasteiger partial charge in [-0.25, -0.2) is 0 Å². The van der Waals surface area contributed by atoms with E-state index in [-0.39, 0.29) is 14.8 Å². The van der Waals surface area contributed by atoms with Crippen molar-refractivity contribution < 1.29 is 8.45 Å². The van der Waals surface area contributed by atoms with E-state index in [4.69, 9.17) is 8.45 Å². The van der Waals surface area contributed by atoms with Crippen LogP contribution in [0.2, 0.25) is 0 Å². The van der Waals surface area contributed by atoms with Gasteiger partial charge in [0.1, 0.15) is 2.74 Å². The fourth-order valence-electron chi connectivity index (χ4n) is 0. The molecular weight excluding hydrogens is 108 g/mol. The van der Waals surface area contributed by atoms with Crippen LogP contribution in [0, 0.1) is 38.0 Å². The number of hydrogen-bond acceptors (Lipinski definition) is 0. The van der Waals surface area contributed by atoms with E-state index in [9.17, 15) is 0 Å². The second kappa shape index (κ2) is 2100. The molecule has 0 nitrogen and oxygen atoms in total. The zero-order chi connectivity index (χ0) is 12.8. The Bertz CT molecular complexity index is 119. The summed E-state index contributed by atoms with van der Waals surface area (Å²) in [5, 5.41) is 0. The van der Waals surface area contributed by atoms with Crippen LogP contribution in [0.1, 0.15) is 30.2 Å². The Morgan fingerprint density at radius 1 is 1.67 bits per heavy atom. The third-order valence-corrected chi connectivity index (χ3v) is 0. The van der Waals surface area contributed by atoms with Gasteiger partial charge in [0, 0.05) is 5.71 Å². The van der Waals surface area contributed by atoms with Gasteiger partial charge in [-0.3, -0.25) is 0 Å². The van der Waals surface area contributed by atoms with E-state index < -0.39 is 0 Å². The predicted octanol–water partition coefficient (Wildman–Crippen LogP) is 2.66. The lowest BCUT2D eigenvalue weighted by Crippen LogP contribution is -1.10. The molecule has 0 bridgehead atoms. The molecule has 0 rings (SSSR count). The minimum atomic E-state index is -0.250. The Hall–Kier alpha value is -1.32. The normalized spacial score (nSPS) is 6.00. The summed E-state index contributed by atoms with van der Waals surface area (Å²) < 4.78 is 33.2. The molecule has 54 valence electrons. The molecule has 0 aliphatic rings. The van der Waals surface area contributed by atoms with E-state index in [0.717, 1.165) is 0 Å². The number of terminal acetylenes is 3. The van der Waals surface area contributed by atoms with E-state index in [2.05, 4.69) is 25.2 Å². The second-order valence-corrected chi connectivity index (χ2v) is 0.289. The van der Waals surface area contributed by atoms with Crippen molar-refractivity contribution in [3.8, 4) is 38.0 Å². The average molecular weight is 138 g/mol. The summed E-state index contributed by atoms with van der Waals surface area (Å²) in [4.78, 5) is 0. The zero-order valence-corrected chi connectivity index (χ0v) is 4.94. The maximum atomic E-state index is 5.88. The molecule has 0 fully saturated rings. The first kappa shape index (κ1) is 5.81. The molecule has 0 atom stereocenters. The van der Waals surface area contributed by atoms with Gasteiger partial charge in [0.2, 0.25) is 0 Å². The molecule has 0 spiro atoms. The molecule has 0 heteroatoms. The van der Waals surface area contributed by atoms with Crippen molar-refractivity contribution >= 4 is 0 Å². The van der Waals surface area contributed by atoms with Crippen molar-refractivity contribution in [3.05, 3.63) is 0 Å². The average Bonchev–Trinajstić information content (AvgIpc) is 2.12. The van der Waals surface area contributed by atoms with Gasteiger partial charge >= 0.3 is 0 Å². The first-order chi connectivity index (χ1) is 6.66. The highest BCUT2D eigenvalue weighted by atomic mass is 13.2. The monoisotopic (exact) mass is 138 g/mol. The lowest BCUT2D eigenvalue weighted by molar-refractivity contribution is 1.94. The van der Waals surface area contributed by atoms with Crippen LogP contribution in [0.4, 0.5) is 0 Å². The van der Waals surface area contributed by atoms with Crippen LogP contribution in [0.25, 0.3) is 0 Å². The first-order valence-corrected chi connectivity index (χ1v) is 1.37. The van der Waals surface area contributed by atoms with E-state index in [1.807, 2.05) is 0 Å². The topological polar surface area (TPSA) is 0 Å². The summed E-state index contributed by atoms with van der Waals surface area (Å²) in [6, 6.07) is 0. The lowest BCUT2D eigenvalue weighted by Gasteiger charge is -1.23. The molecule has 0 aliphatic heterocycles. The van der Waals surface area contributed by atoms with E-state index in [1.54, 1.807) is 6.92 Å². The van der Waals surface area contributed by atoms with Crippen molar-refractivity contribution in [1.29, 1.82) is 0 Å². The maximum Gasteiger partial charge on any atom is 0.124 e. The molecule has 0 aliphatic carbocycles. The molecule has 0 saturated carbocycles. The summed E-state index contributed by atoms with van der Waals surface area (Å²) in [6.45, 7) is 1.65. The third-order valence-electron chi connectivity index (χ3n) is 0. The second-order valence-electron chi connectivity index (χ2n) is 0.289. The predicted molar refractivity (Wildman–Crippen MR) is 49.9 cm³/mol. The quantitative estimate of drug-likeness (QED) is 0.451. The van der Waals surface area contributed by atoms with Gasteiger partial charge in [0.25, 0.3) is 0 Å². The highest BCUT2D eigenvalue weighted by Gasteiger charge is 1.09. The van der Waals surface area contributed by atoms with Crippen LogP contribution in [-0.4, -0.2) is 0 Å². The first-order valence-electron chi connectivity index (χ1n) is 4.78. The summed E-state index contributed by atoms with van der Waals surface area (Å²) in [7, 11) is -0.250. The summed E-state index contributed by atoms with van der Waals surface area (Å²) >= 11 is 0. The Labute approximate surface area is 69.4 Å². The molecule has 0 N–H and O–H groups in total. The lowest BCUT2D eigenvalue weighted by atomic mass is 10.9. The summed E-state index contributed by atoms with van der Waals surface area (Å²) in [5.41, 5.74) is 0. The fourth-order valence-corrected chi connectivity index (χ4v) is 0. The van der Waals surface area contributed by atoms with E-state index in [1.165, 1.54) is 12.8 Å². The molecule has 0 heterocycles. The molecule has 9 heavy (non-hydrogen) atoms. The molecule has 0 aromatic rings. The van der Waals surface area contributed by atoms with Crippen molar-refractivity contribution in [2.24, 2.45) is 0 Å². The number of rotatable bonds is 0. The fraction of sp³-hybridized carbons (Fsp3) is 0.333. The summed E-state index contributed by atoms with van der Waals surface area (Å²) in [5.74, 6) is 2.25. The van der Waals surface area contributed by atoms with Gasteiger partial charge in [-0.1, -0.05) is 14.8 Å². The van der Waals surface area contributed by atoms with Crippen molar-refractivity contribution in [3.63, 3.8) is 0 Å². The van der Waals surface area contributed by atoms with Crippen LogP contribution in [-0.2, 0) is 0 Å². The molecular formula is C9H18. The SMILES string of the molecule is C.C#CC.[3H]C#C.[3H]C#C.[3H]C[3H].[3H][3H]. The Morgan fingerprint density at radius 2 is 1.67 bits per heavy atom. The minimum Gasteiger partial charge on any atom is -0.124 e. The minimum absolute atomic E-state index is 0. The van der Waals surface area contributed by atoms with Gasteiger partial charge in [0.15, 0.2) is 0 Å². The van der Waals surface area contributed by atoms with Gasteiger partial charge in [-0.15, -0.1) is 38.0 Å². The highest BCUT2D eigenvalue weighted by molar-refractivity contribution is 4.73. The van der Waals surface area contributed by atoms with Crippen molar-refractivity contribution in [1.82, 2.24) is 0 Å². The standard InChI is InChI=1S/C3H4.2C2H2.2CH4.H2/c1-3-2;2*1-2;;;/h1H,2H3;2*1-2H;2*1H4;1H/i;2*1T;1T2;;1+2T. The van der Waals surface area contributed by atoms with Crippen molar-refractivity contribution in [2.45, 2.75) is 21.7 Å². The van der Waals surface area contributed by atoms with Crippen LogP contribution in [0.3, 0.4) is 0 Å². The molecule has 0 unspecified atom stereocenters. The van der Waals surface area contributed by atoms with E-state index in [0.29, 0.717) is 0 Å². The molecule has 0 aromatic carbocycles. The van der Waals surface area contributed by atoms with Crippen LogP contribution in [0.15, 0.2) is 0 Å². The Kier molecular flexibility index (Phi) is 1360. The van der Waals surface area contributed by atoms with Gasteiger partial charge < -0.3 is 0 Å². The maximum absolute atomic E-state index is 5.88. The van der Waals surface area contributed by atoms with Gasteiger partial charge in [0.05, 0.1) is 0 Å². The molecule has 0 amide bonds. The van der Waals surface area contributed by atoms with Crippen LogP contribution in [0.5, 0.6) is 0 Å². The highest BCUT2D eigenvalue weighted by Crippen LogP contribution is 1.21. The summed E-state index contributed by atoms with van der Waals surface area (Å²) in [6.07, 6.45) is 16.1. The Morgan fingerprint density at radius 3 is 1.67 bits per heavy atom. The zero-order valence-electron chi connectivity index (χ0n) is 10.9. The van der Waals surface area contributed by atoms with E-state index >= 15 is 0 Å². The third kappa shape index (κ3) is 84.0. The molecule has 0 aromatic heterocycles. The molecule has 0 radical (unpaired) electrons. The van der Waals surface area contributed by atoms with Gasteiger partial charge in [-0.2, -0.15) is 0 Å². The Balaban J connectivity index is -0.0000000167. The van der Waals surface area contributed by atoms with Gasteiger partial charge in [-0.05, 0) is 6.92 Å².